The summed E-state index contributed by atoms with van der Waals surface area (Å²) in [5.41, 5.74) is 8.60. The molecule has 18 heavy (non-hydrogen) atoms. The Hall–Kier alpha value is -1.23. The van der Waals surface area contributed by atoms with Gasteiger partial charge >= 0.3 is 0 Å². The van der Waals surface area contributed by atoms with Crippen LogP contribution in [0.3, 0.4) is 0 Å². The van der Waals surface area contributed by atoms with Crippen molar-refractivity contribution in [3.63, 3.8) is 0 Å². The van der Waals surface area contributed by atoms with E-state index in [1.807, 2.05) is 18.3 Å². The van der Waals surface area contributed by atoms with Gasteiger partial charge in [0.2, 0.25) is 0 Å². The first-order valence-corrected chi connectivity index (χ1v) is 7.25. The number of nitrogens with two attached hydrogens (primary N) is 1. The summed E-state index contributed by atoms with van der Waals surface area (Å²) in [6.07, 6.45) is 3.69. The maximum atomic E-state index is 6.35. The highest BCUT2D eigenvalue weighted by atomic mass is 79.9. The van der Waals surface area contributed by atoms with Gasteiger partial charge in [-0.2, -0.15) is 0 Å². The summed E-state index contributed by atoms with van der Waals surface area (Å²) in [5, 5.41) is 4.38. The summed E-state index contributed by atoms with van der Waals surface area (Å²) in [5.74, 6) is 0. The highest BCUT2D eigenvalue weighted by molar-refractivity contribution is 9.11. The molecule has 3 rings (SSSR count). The molecule has 3 aromatic rings. The Morgan fingerprint density at radius 3 is 2.94 bits per heavy atom. The largest absolute Gasteiger partial charge is 0.320 e. The van der Waals surface area contributed by atoms with Crippen molar-refractivity contribution < 1.29 is 0 Å². The third-order valence-corrected chi connectivity index (χ3v) is 4.52. The number of benzene rings is 1. The zero-order valence-electron chi connectivity index (χ0n) is 9.51. The van der Waals surface area contributed by atoms with Crippen LogP contribution < -0.4 is 5.73 Å². The van der Waals surface area contributed by atoms with Gasteiger partial charge in [0.15, 0.2) is 0 Å². The quantitative estimate of drug-likeness (QED) is 0.772. The second-order valence-electron chi connectivity index (χ2n) is 4.11. The summed E-state index contributed by atoms with van der Waals surface area (Å²) in [6, 6.07) is 10.2. The number of hydrogen-bond donors (Lipinski definition) is 1. The molecule has 1 aromatic carbocycles. The van der Waals surface area contributed by atoms with E-state index in [1.165, 1.54) is 5.39 Å². The number of fused-ring (bicyclic) bond motifs is 1. The van der Waals surface area contributed by atoms with Gasteiger partial charge in [0, 0.05) is 17.8 Å². The van der Waals surface area contributed by atoms with E-state index in [4.69, 9.17) is 5.73 Å². The Kier molecular flexibility index (Phi) is 3.16. The molecule has 2 nitrogen and oxygen atoms in total. The molecular formula is C14H11BrN2S. The van der Waals surface area contributed by atoms with E-state index in [0.717, 1.165) is 20.3 Å². The van der Waals surface area contributed by atoms with Crippen LogP contribution in [-0.4, -0.2) is 4.98 Å². The topological polar surface area (TPSA) is 38.9 Å². The smallest absolute Gasteiger partial charge is 0.0701 e. The van der Waals surface area contributed by atoms with Crippen LogP contribution in [0.25, 0.3) is 10.8 Å². The first-order chi connectivity index (χ1) is 8.75. The summed E-state index contributed by atoms with van der Waals surface area (Å²) >= 11 is 5.13. The molecule has 0 saturated heterocycles. The van der Waals surface area contributed by atoms with Gasteiger partial charge < -0.3 is 5.73 Å². The summed E-state index contributed by atoms with van der Waals surface area (Å²) in [4.78, 5) is 4.19. The van der Waals surface area contributed by atoms with Gasteiger partial charge in [-0.25, -0.2) is 0 Å². The lowest BCUT2D eigenvalue weighted by Crippen LogP contribution is -2.11. The van der Waals surface area contributed by atoms with Crippen molar-refractivity contribution in [2.75, 3.05) is 0 Å². The predicted molar refractivity (Wildman–Crippen MR) is 79.8 cm³/mol. The van der Waals surface area contributed by atoms with Gasteiger partial charge in [-0.1, -0.05) is 18.2 Å². The number of rotatable bonds is 2. The summed E-state index contributed by atoms with van der Waals surface area (Å²) in [7, 11) is 0. The lowest BCUT2D eigenvalue weighted by Gasteiger charge is -2.13. The molecule has 2 N–H and O–H groups in total. The number of aromatic nitrogens is 1. The van der Waals surface area contributed by atoms with Crippen LogP contribution in [0.1, 0.15) is 17.2 Å². The fraction of sp³-hybridized carbons (Fsp3) is 0.0714. The standard InChI is InChI=1S/C14H11BrN2S/c15-13-6-10(8-18-13)14(16)11-3-1-2-9-4-5-17-7-12(9)11/h1-8,14H,16H2. The van der Waals surface area contributed by atoms with Crippen molar-refractivity contribution in [2.24, 2.45) is 5.73 Å². The molecule has 0 aliphatic rings. The number of thiophene rings is 1. The molecule has 0 aliphatic carbocycles. The van der Waals surface area contributed by atoms with Crippen molar-refractivity contribution in [3.05, 3.63) is 63.0 Å². The van der Waals surface area contributed by atoms with Gasteiger partial charge in [-0.3, -0.25) is 4.98 Å². The maximum Gasteiger partial charge on any atom is 0.0701 e. The van der Waals surface area contributed by atoms with Gasteiger partial charge in [-0.15, -0.1) is 11.3 Å². The average molecular weight is 319 g/mol. The highest BCUT2D eigenvalue weighted by Crippen LogP contribution is 2.31. The van der Waals surface area contributed by atoms with E-state index in [-0.39, 0.29) is 6.04 Å². The Labute approximate surface area is 118 Å². The van der Waals surface area contributed by atoms with Crippen LogP contribution in [0.4, 0.5) is 0 Å². The van der Waals surface area contributed by atoms with Gasteiger partial charge in [0.25, 0.3) is 0 Å². The van der Waals surface area contributed by atoms with Crippen molar-refractivity contribution in [3.8, 4) is 0 Å². The molecule has 0 spiro atoms. The first kappa shape index (κ1) is 11.8. The number of nitrogens with zero attached hydrogens (tertiary/aromatic N) is 1. The van der Waals surface area contributed by atoms with Crippen LogP contribution in [-0.2, 0) is 0 Å². The normalized spacial score (nSPS) is 12.8. The fourth-order valence-corrected chi connectivity index (χ4v) is 3.29. The van der Waals surface area contributed by atoms with Crippen molar-refractivity contribution in [2.45, 2.75) is 6.04 Å². The summed E-state index contributed by atoms with van der Waals surface area (Å²) < 4.78 is 1.10. The van der Waals surface area contributed by atoms with Crippen LogP contribution >= 0.6 is 27.3 Å². The van der Waals surface area contributed by atoms with E-state index in [2.05, 4.69) is 44.5 Å². The van der Waals surface area contributed by atoms with Crippen molar-refractivity contribution in [1.82, 2.24) is 4.98 Å². The Morgan fingerprint density at radius 1 is 1.28 bits per heavy atom. The molecule has 0 saturated carbocycles. The van der Waals surface area contributed by atoms with E-state index in [0.29, 0.717) is 0 Å². The van der Waals surface area contributed by atoms with Crippen molar-refractivity contribution >= 4 is 38.0 Å². The molecule has 1 atom stereocenters. The van der Waals surface area contributed by atoms with Crippen LogP contribution in [0.15, 0.2) is 51.9 Å². The van der Waals surface area contributed by atoms with Crippen LogP contribution in [0.5, 0.6) is 0 Å². The van der Waals surface area contributed by atoms with Gasteiger partial charge in [0.1, 0.15) is 0 Å². The van der Waals surface area contributed by atoms with E-state index in [9.17, 15) is 0 Å². The molecule has 4 heteroatoms. The number of pyridine rings is 1. The van der Waals surface area contributed by atoms with E-state index >= 15 is 0 Å². The SMILES string of the molecule is NC(c1csc(Br)c1)c1cccc2ccncc12. The Bertz CT molecular complexity index is 688. The van der Waals surface area contributed by atoms with E-state index < -0.39 is 0 Å². The minimum atomic E-state index is -0.111. The van der Waals surface area contributed by atoms with Crippen molar-refractivity contribution in [1.29, 1.82) is 0 Å². The monoisotopic (exact) mass is 318 g/mol. The van der Waals surface area contributed by atoms with Crippen LogP contribution in [0.2, 0.25) is 0 Å². The molecule has 0 fully saturated rings. The zero-order valence-corrected chi connectivity index (χ0v) is 11.9. The van der Waals surface area contributed by atoms with E-state index in [1.54, 1.807) is 17.5 Å². The molecule has 0 bridgehead atoms. The average Bonchev–Trinajstić information content (AvgIpc) is 2.84. The Morgan fingerprint density at radius 2 is 2.17 bits per heavy atom. The molecule has 0 amide bonds. The minimum Gasteiger partial charge on any atom is -0.320 e. The lowest BCUT2D eigenvalue weighted by molar-refractivity contribution is 0.885. The Balaban J connectivity index is 2.14. The zero-order chi connectivity index (χ0) is 12.5. The van der Waals surface area contributed by atoms with Gasteiger partial charge in [0.05, 0.1) is 9.83 Å². The second kappa shape index (κ2) is 4.80. The molecule has 2 aromatic heterocycles. The molecule has 0 radical (unpaired) electrons. The number of halogens is 1. The molecule has 1 unspecified atom stereocenters. The second-order valence-corrected chi connectivity index (χ2v) is 6.40. The molecule has 0 aliphatic heterocycles. The molecule has 2 heterocycles. The number of hydrogen-bond acceptors (Lipinski definition) is 3. The molecule has 90 valence electrons. The summed E-state index contributed by atoms with van der Waals surface area (Å²) in [6.45, 7) is 0. The van der Waals surface area contributed by atoms with Crippen LogP contribution in [0, 0.1) is 0 Å². The first-order valence-electron chi connectivity index (χ1n) is 5.58. The van der Waals surface area contributed by atoms with Gasteiger partial charge in [-0.05, 0) is 50.0 Å². The maximum absolute atomic E-state index is 6.35. The molecular weight excluding hydrogens is 308 g/mol. The fourth-order valence-electron chi connectivity index (χ4n) is 2.07. The predicted octanol–water partition coefficient (Wildman–Crippen LogP) is 4.11. The lowest BCUT2D eigenvalue weighted by atomic mass is 9.97. The third kappa shape index (κ3) is 2.07. The third-order valence-electron chi connectivity index (χ3n) is 3.00. The highest BCUT2D eigenvalue weighted by Gasteiger charge is 2.13. The minimum absolute atomic E-state index is 0.111.